The summed E-state index contributed by atoms with van der Waals surface area (Å²) in [5.74, 6) is 1.87. The normalized spacial score (nSPS) is 17.7. The summed E-state index contributed by atoms with van der Waals surface area (Å²) >= 11 is 0. The summed E-state index contributed by atoms with van der Waals surface area (Å²) in [7, 11) is 0. The Hall–Kier alpha value is -4.80. The fraction of sp³-hybridized carbons (Fsp3) is 0.231. The number of hydrogen-bond donors (Lipinski definition) is 1. The van der Waals surface area contributed by atoms with Gasteiger partial charge in [0.1, 0.15) is 42.0 Å². The van der Waals surface area contributed by atoms with Crippen LogP contribution >= 0.6 is 0 Å². The van der Waals surface area contributed by atoms with E-state index in [-0.39, 0.29) is 18.1 Å². The summed E-state index contributed by atoms with van der Waals surface area (Å²) in [5.41, 5.74) is 8.60. The number of para-hydroxylation sites is 1. The van der Waals surface area contributed by atoms with Crippen LogP contribution in [0.15, 0.2) is 73.6 Å². The number of carbonyl (C=O) groups is 1. The molecule has 186 valence electrons. The van der Waals surface area contributed by atoms with Gasteiger partial charge in [-0.2, -0.15) is 14.9 Å². The molecule has 1 amide bonds. The predicted octanol–water partition coefficient (Wildman–Crippen LogP) is 4.15. The SMILES string of the molecule is CC1CC(n2nc(-c3ccc(Oc4ccccc4)cc3)c3c(N)ncnc32)CCN1C(=O)n1cncn1. The van der Waals surface area contributed by atoms with Crippen LogP contribution in [0.1, 0.15) is 25.8 Å². The van der Waals surface area contributed by atoms with E-state index in [1.165, 1.54) is 23.7 Å². The summed E-state index contributed by atoms with van der Waals surface area (Å²) in [6, 6.07) is 17.2. The Kier molecular flexibility index (Phi) is 5.72. The van der Waals surface area contributed by atoms with Gasteiger partial charge in [0.15, 0.2) is 5.65 Å². The molecule has 0 saturated carbocycles. The van der Waals surface area contributed by atoms with E-state index in [4.69, 9.17) is 15.6 Å². The maximum atomic E-state index is 12.8. The van der Waals surface area contributed by atoms with Crippen LogP contribution in [0.2, 0.25) is 0 Å². The molecule has 4 heterocycles. The number of amides is 1. The molecule has 2 aromatic carbocycles. The van der Waals surface area contributed by atoms with E-state index in [2.05, 4.69) is 20.1 Å². The van der Waals surface area contributed by atoms with Crippen LogP contribution < -0.4 is 10.5 Å². The van der Waals surface area contributed by atoms with Gasteiger partial charge in [0.2, 0.25) is 0 Å². The lowest BCUT2D eigenvalue weighted by Crippen LogP contribution is -2.47. The molecule has 1 aliphatic rings. The van der Waals surface area contributed by atoms with Crippen molar-refractivity contribution in [1.82, 2.24) is 39.4 Å². The molecule has 1 saturated heterocycles. The minimum absolute atomic E-state index is 0.0215. The van der Waals surface area contributed by atoms with Crippen molar-refractivity contribution in [3.05, 3.63) is 73.6 Å². The lowest BCUT2D eigenvalue weighted by molar-refractivity contribution is 0.133. The number of likely N-dealkylation sites (tertiary alicyclic amines) is 1. The fourth-order valence-corrected chi connectivity index (χ4v) is 4.85. The number of carbonyl (C=O) groups excluding carboxylic acids is 1. The fourth-order valence-electron chi connectivity index (χ4n) is 4.85. The van der Waals surface area contributed by atoms with Crippen LogP contribution in [-0.2, 0) is 0 Å². The molecule has 2 atom stereocenters. The highest BCUT2D eigenvalue weighted by molar-refractivity contribution is 5.98. The molecule has 0 spiro atoms. The highest BCUT2D eigenvalue weighted by Crippen LogP contribution is 2.36. The molecule has 11 nitrogen and oxygen atoms in total. The van der Waals surface area contributed by atoms with Gasteiger partial charge in [-0.3, -0.25) is 0 Å². The first-order valence-corrected chi connectivity index (χ1v) is 12.1. The zero-order valence-corrected chi connectivity index (χ0v) is 20.2. The Bertz CT molecular complexity index is 1530. The molecule has 37 heavy (non-hydrogen) atoms. The smallest absolute Gasteiger partial charge is 0.346 e. The van der Waals surface area contributed by atoms with Crippen LogP contribution in [0.3, 0.4) is 0 Å². The van der Waals surface area contributed by atoms with E-state index in [1.54, 1.807) is 0 Å². The first kappa shape index (κ1) is 22.7. The highest BCUT2D eigenvalue weighted by Gasteiger charge is 2.33. The second kappa shape index (κ2) is 9.34. The van der Waals surface area contributed by atoms with Gasteiger partial charge in [-0.1, -0.05) is 18.2 Å². The lowest BCUT2D eigenvalue weighted by Gasteiger charge is -2.37. The molecule has 0 bridgehead atoms. The van der Waals surface area contributed by atoms with Crippen LogP contribution in [0, 0.1) is 0 Å². The second-order valence-electron chi connectivity index (χ2n) is 9.03. The first-order chi connectivity index (χ1) is 18.1. The van der Waals surface area contributed by atoms with Crippen molar-refractivity contribution in [3.63, 3.8) is 0 Å². The Morgan fingerprint density at radius 2 is 1.81 bits per heavy atom. The number of nitrogens with zero attached hydrogens (tertiary/aromatic N) is 8. The average Bonchev–Trinajstić information content (AvgIpc) is 3.59. The maximum absolute atomic E-state index is 12.8. The topological polar surface area (TPSA) is 130 Å². The van der Waals surface area contributed by atoms with Crippen LogP contribution in [0.5, 0.6) is 11.5 Å². The molecule has 1 fully saturated rings. The van der Waals surface area contributed by atoms with Crippen molar-refractivity contribution in [2.75, 3.05) is 12.3 Å². The molecule has 0 aliphatic carbocycles. The van der Waals surface area contributed by atoms with Crippen molar-refractivity contribution in [1.29, 1.82) is 0 Å². The third kappa shape index (κ3) is 4.24. The van der Waals surface area contributed by atoms with Crippen molar-refractivity contribution >= 4 is 22.9 Å². The molecular weight excluding hydrogens is 470 g/mol. The van der Waals surface area contributed by atoms with Crippen molar-refractivity contribution in [2.24, 2.45) is 0 Å². The number of aromatic nitrogens is 7. The highest BCUT2D eigenvalue weighted by atomic mass is 16.5. The van der Waals surface area contributed by atoms with E-state index in [0.717, 1.165) is 23.5 Å². The maximum Gasteiger partial charge on any atom is 0.346 e. The molecule has 1 aliphatic heterocycles. The quantitative estimate of drug-likeness (QED) is 0.393. The monoisotopic (exact) mass is 495 g/mol. The zero-order valence-electron chi connectivity index (χ0n) is 20.2. The Labute approximate surface area is 212 Å². The lowest BCUT2D eigenvalue weighted by atomic mass is 9.99. The van der Waals surface area contributed by atoms with Gasteiger partial charge in [0, 0.05) is 18.2 Å². The first-order valence-electron chi connectivity index (χ1n) is 12.1. The molecular formula is C26H25N9O2. The minimum atomic E-state index is -0.182. The number of nitrogens with two attached hydrogens (primary N) is 1. The summed E-state index contributed by atoms with van der Waals surface area (Å²) in [5, 5.41) is 9.67. The van der Waals surface area contributed by atoms with Gasteiger partial charge in [0.05, 0.1) is 11.4 Å². The number of fused-ring (bicyclic) bond motifs is 1. The van der Waals surface area contributed by atoms with Crippen molar-refractivity contribution in [2.45, 2.75) is 31.8 Å². The summed E-state index contributed by atoms with van der Waals surface area (Å²) in [6.07, 6.45) is 5.67. The number of nitrogen functional groups attached to an aromatic ring is 1. The van der Waals surface area contributed by atoms with E-state index in [9.17, 15) is 4.79 Å². The molecule has 6 rings (SSSR count). The third-order valence-corrected chi connectivity index (χ3v) is 6.68. The summed E-state index contributed by atoms with van der Waals surface area (Å²) < 4.78 is 9.13. The minimum Gasteiger partial charge on any atom is -0.457 e. The Morgan fingerprint density at radius 1 is 1.03 bits per heavy atom. The van der Waals surface area contributed by atoms with E-state index in [1.807, 2.05) is 71.1 Å². The molecule has 5 aromatic rings. The largest absolute Gasteiger partial charge is 0.457 e. The van der Waals surface area contributed by atoms with Gasteiger partial charge < -0.3 is 15.4 Å². The zero-order chi connectivity index (χ0) is 25.4. The van der Waals surface area contributed by atoms with Gasteiger partial charge in [-0.05, 0) is 56.2 Å². The Balaban J connectivity index is 1.29. The van der Waals surface area contributed by atoms with Crippen LogP contribution in [0.4, 0.5) is 10.6 Å². The van der Waals surface area contributed by atoms with Crippen molar-refractivity contribution in [3.8, 4) is 22.8 Å². The molecule has 3 aromatic heterocycles. The van der Waals surface area contributed by atoms with Gasteiger partial charge >= 0.3 is 6.03 Å². The van der Waals surface area contributed by atoms with Gasteiger partial charge in [-0.25, -0.2) is 24.4 Å². The van der Waals surface area contributed by atoms with Crippen LogP contribution in [-0.4, -0.2) is 58.0 Å². The van der Waals surface area contributed by atoms with Gasteiger partial charge in [0.25, 0.3) is 0 Å². The van der Waals surface area contributed by atoms with Gasteiger partial charge in [-0.15, -0.1) is 0 Å². The predicted molar refractivity (Wildman–Crippen MR) is 137 cm³/mol. The molecule has 11 heteroatoms. The average molecular weight is 496 g/mol. The second-order valence-corrected chi connectivity index (χ2v) is 9.03. The molecule has 0 radical (unpaired) electrons. The number of hydrogen-bond acceptors (Lipinski definition) is 8. The number of ether oxygens (including phenoxy) is 1. The summed E-state index contributed by atoms with van der Waals surface area (Å²) in [6.45, 7) is 2.59. The van der Waals surface area contributed by atoms with Crippen LogP contribution in [0.25, 0.3) is 22.3 Å². The standard InChI is InChI=1S/C26H25N9O2/c1-17-13-19(11-12-33(17)26(36)34-16-28-14-31-34)35-25-22(24(27)29-15-30-25)23(32-35)18-7-9-21(10-8-18)37-20-5-3-2-4-6-20/h2-10,14-17,19H,11-13H2,1H3,(H2,27,29,30). The van der Waals surface area contributed by atoms with E-state index < -0.39 is 0 Å². The van der Waals surface area contributed by atoms with Crippen molar-refractivity contribution < 1.29 is 9.53 Å². The van der Waals surface area contributed by atoms with E-state index in [0.29, 0.717) is 35.5 Å². The molecule has 2 N–H and O–H groups in total. The molecule has 2 unspecified atom stereocenters. The number of piperidine rings is 1. The number of benzene rings is 2. The van der Waals surface area contributed by atoms with E-state index >= 15 is 0 Å². The third-order valence-electron chi connectivity index (χ3n) is 6.68. The summed E-state index contributed by atoms with van der Waals surface area (Å²) in [4.78, 5) is 27.3. The number of rotatable bonds is 4. The number of anilines is 1. The Morgan fingerprint density at radius 3 is 2.54 bits per heavy atom.